The fourth-order valence-corrected chi connectivity index (χ4v) is 2.50. The van der Waals surface area contributed by atoms with E-state index in [9.17, 15) is 4.79 Å². The summed E-state index contributed by atoms with van der Waals surface area (Å²) in [6.07, 6.45) is 4.43. The van der Waals surface area contributed by atoms with Crippen LogP contribution in [0.3, 0.4) is 0 Å². The molecule has 0 N–H and O–H groups in total. The fourth-order valence-electron chi connectivity index (χ4n) is 2.50. The lowest BCUT2D eigenvalue weighted by Crippen LogP contribution is -2.59. The molecule has 1 nitrogen and oxygen atoms in total. The molecular weight excluding hydrogens is 124 g/mol. The number of carbonyl (C=O) groups excluding carboxylic acids is 1. The van der Waals surface area contributed by atoms with Crippen LogP contribution in [0.15, 0.2) is 0 Å². The number of ketones is 1. The molecule has 0 atom stereocenters. The van der Waals surface area contributed by atoms with Crippen molar-refractivity contribution in [1.29, 1.82) is 0 Å². The minimum absolute atomic E-state index is 0.160. The van der Waals surface area contributed by atoms with E-state index in [0.29, 0.717) is 11.2 Å². The molecule has 2 aliphatic carbocycles. The molecule has 0 amide bonds. The van der Waals surface area contributed by atoms with Crippen molar-refractivity contribution in [2.75, 3.05) is 0 Å². The first-order chi connectivity index (χ1) is 4.58. The Hall–Kier alpha value is -0.330. The van der Waals surface area contributed by atoms with Crippen LogP contribution < -0.4 is 0 Å². The monoisotopic (exact) mass is 138 g/mol. The average Bonchev–Trinajstić information content (AvgIpc) is 1.55. The van der Waals surface area contributed by atoms with Crippen molar-refractivity contribution in [3.05, 3.63) is 0 Å². The summed E-state index contributed by atoms with van der Waals surface area (Å²) in [7, 11) is 0. The van der Waals surface area contributed by atoms with E-state index in [1.807, 2.05) is 0 Å². The number of hydrogen-bond acceptors (Lipinski definition) is 1. The SMILES string of the molecule is CC1(C)CC(=O)C12CCC2. The summed E-state index contributed by atoms with van der Waals surface area (Å²) in [6, 6.07) is 0. The van der Waals surface area contributed by atoms with Gasteiger partial charge in [0.05, 0.1) is 0 Å². The summed E-state index contributed by atoms with van der Waals surface area (Å²) < 4.78 is 0. The van der Waals surface area contributed by atoms with Crippen molar-refractivity contribution < 1.29 is 4.79 Å². The number of rotatable bonds is 0. The molecule has 1 spiro atoms. The first-order valence-corrected chi connectivity index (χ1v) is 4.12. The van der Waals surface area contributed by atoms with Gasteiger partial charge in [-0.1, -0.05) is 20.3 Å². The first kappa shape index (κ1) is 6.38. The van der Waals surface area contributed by atoms with Crippen molar-refractivity contribution in [2.24, 2.45) is 10.8 Å². The van der Waals surface area contributed by atoms with E-state index in [4.69, 9.17) is 0 Å². The van der Waals surface area contributed by atoms with Crippen LogP contribution in [0.2, 0.25) is 0 Å². The molecule has 0 radical (unpaired) electrons. The highest BCUT2D eigenvalue weighted by molar-refractivity contribution is 5.93. The summed E-state index contributed by atoms with van der Waals surface area (Å²) in [5, 5.41) is 0. The molecule has 0 bridgehead atoms. The van der Waals surface area contributed by atoms with Gasteiger partial charge in [0.15, 0.2) is 0 Å². The minimum Gasteiger partial charge on any atom is -0.299 e. The summed E-state index contributed by atoms with van der Waals surface area (Å²) in [6.45, 7) is 4.46. The van der Waals surface area contributed by atoms with Crippen LogP contribution in [-0.2, 0) is 4.79 Å². The van der Waals surface area contributed by atoms with Crippen LogP contribution in [0.5, 0.6) is 0 Å². The van der Waals surface area contributed by atoms with Crippen molar-refractivity contribution in [2.45, 2.75) is 39.5 Å². The number of hydrogen-bond donors (Lipinski definition) is 0. The second-order valence-corrected chi connectivity index (χ2v) is 4.42. The zero-order chi connectivity index (χ0) is 7.41. The highest BCUT2D eigenvalue weighted by atomic mass is 16.1. The largest absolute Gasteiger partial charge is 0.299 e. The molecule has 2 rings (SSSR count). The van der Waals surface area contributed by atoms with E-state index < -0.39 is 0 Å². The van der Waals surface area contributed by atoms with Gasteiger partial charge >= 0.3 is 0 Å². The molecule has 0 aliphatic heterocycles. The molecule has 0 aromatic carbocycles. The van der Waals surface area contributed by atoms with Gasteiger partial charge in [0.1, 0.15) is 5.78 Å². The minimum atomic E-state index is 0.160. The molecule has 2 fully saturated rings. The highest BCUT2D eigenvalue weighted by Gasteiger charge is 2.62. The van der Waals surface area contributed by atoms with E-state index in [0.717, 1.165) is 6.42 Å². The van der Waals surface area contributed by atoms with Gasteiger partial charge in [-0.2, -0.15) is 0 Å². The Morgan fingerprint density at radius 2 is 1.90 bits per heavy atom. The van der Waals surface area contributed by atoms with Crippen LogP contribution in [0.4, 0.5) is 0 Å². The van der Waals surface area contributed by atoms with E-state index in [-0.39, 0.29) is 5.41 Å². The van der Waals surface area contributed by atoms with Crippen LogP contribution in [-0.4, -0.2) is 5.78 Å². The lowest BCUT2D eigenvalue weighted by molar-refractivity contribution is -0.169. The topological polar surface area (TPSA) is 17.1 Å². The fraction of sp³-hybridized carbons (Fsp3) is 0.889. The normalized spacial score (nSPS) is 33.2. The van der Waals surface area contributed by atoms with Crippen LogP contribution in [0.25, 0.3) is 0 Å². The Labute approximate surface area is 61.8 Å². The Morgan fingerprint density at radius 1 is 1.30 bits per heavy atom. The van der Waals surface area contributed by atoms with E-state index in [1.54, 1.807) is 0 Å². The van der Waals surface area contributed by atoms with E-state index in [2.05, 4.69) is 13.8 Å². The zero-order valence-corrected chi connectivity index (χ0v) is 6.74. The molecule has 2 aliphatic rings. The third kappa shape index (κ3) is 0.446. The summed E-state index contributed by atoms with van der Waals surface area (Å²) in [5.41, 5.74) is 0.495. The standard InChI is InChI=1S/C9H14O/c1-8(2)6-7(10)9(8)4-3-5-9/h3-6H2,1-2H3. The van der Waals surface area contributed by atoms with Gasteiger partial charge in [-0.05, 0) is 18.3 Å². The maximum atomic E-state index is 11.3. The van der Waals surface area contributed by atoms with Gasteiger partial charge in [0.2, 0.25) is 0 Å². The number of Topliss-reactive ketones (excluding diaryl/α,β-unsaturated/α-hetero) is 1. The Bertz CT molecular complexity index is 187. The average molecular weight is 138 g/mol. The van der Waals surface area contributed by atoms with Gasteiger partial charge < -0.3 is 0 Å². The van der Waals surface area contributed by atoms with Crippen molar-refractivity contribution in [3.63, 3.8) is 0 Å². The van der Waals surface area contributed by atoms with Crippen LogP contribution in [0, 0.1) is 10.8 Å². The zero-order valence-electron chi connectivity index (χ0n) is 6.74. The second kappa shape index (κ2) is 1.46. The molecule has 56 valence electrons. The molecule has 0 heterocycles. The molecule has 10 heavy (non-hydrogen) atoms. The molecule has 0 unspecified atom stereocenters. The van der Waals surface area contributed by atoms with Gasteiger partial charge in [-0.25, -0.2) is 0 Å². The molecule has 2 saturated carbocycles. The molecule has 1 heteroatoms. The highest BCUT2D eigenvalue weighted by Crippen LogP contribution is 2.64. The predicted molar refractivity (Wildman–Crippen MR) is 39.7 cm³/mol. The predicted octanol–water partition coefficient (Wildman–Crippen LogP) is 2.16. The van der Waals surface area contributed by atoms with Gasteiger partial charge in [0, 0.05) is 11.8 Å². The van der Waals surface area contributed by atoms with Crippen LogP contribution in [0.1, 0.15) is 39.5 Å². The summed E-state index contributed by atoms with van der Waals surface area (Å²) in [5.74, 6) is 0.531. The smallest absolute Gasteiger partial charge is 0.140 e. The lowest BCUT2D eigenvalue weighted by atomic mass is 9.42. The van der Waals surface area contributed by atoms with Gasteiger partial charge in [-0.15, -0.1) is 0 Å². The van der Waals surface area contributed by atoms with Gasteiger partial charge in [0.25, 0.3) is 0 Å². The molecular formula is C9H14O. The summed E-state index contributed by atoms with van der Waals surface area (Å²) >= 11 is 0. The first-order valence-electron chi connectivity index (χ1n) is 4.12. The Balaban J connectivity index is 2.26. The van der Waals surface area contributed by atoms with E-state index >= 15 is 0 Å². The quantitative estimate of drug-likeness (QED) is 0.501. The molecule has 0 aromatic heterocycles. The third-order valence-electron chi connectivity index (χ3n) is 3.64. The van der Waals surface area contributed by atoms with Crippen molar-refractivity contribution in [3.8, 4) is 0 Å². The second-order valence-electron chi connectivity index (χ2n) is 4.42. The summed E-state index contributed by atoms with van der Waals surface area (Å²) in [4.78, 5) is 11.3. The van der Waals surface area contributed by atoms with E-state index in [1.165, 1.54) is 19.3 Å². The molecule has 0 aromatic rings. The van der Waals surface area contributed by atoms with Crippen molar-refractivity contribution in [1.82, 2.24) is 0 Å². The van der Waals surface area contributed by atoms with Crippen LogP contribution >= 0.6 is 0 Å². The lowest BCUT2D eigenvalue weighted by Gasteiger charge is -2.60. The maximum Gasteiger partial charge on any atom is 0.140 e. The van der Waals surface area contributed by atoms with Crippen molar-refractivity contribution >= 4 is 5.78 Å². The Kier molecular flexibility index (Phi) is 0.934. The van der Waals surface area contributed by atoms with Gasteiger partial charge in [-0.3, -0.25) is 4.79 Å². The third-order valence-corrected chi connectivity index (χ3v) is 3.64. The maximum absolute atomic E-state index is 11.3. The molecule has 0 saturated heterocycles. The number of carbonyl (C=O) groups is 1. The Morgan fingerprint density at radius 3 is 2.00 bits per heavy atom.